The summed E-state index contributed by atoms with van der Waals surface area (Å²) < 4.78 is 5.04. The van der Waals surface area contributed by atoms with E-state index in [4.69, 9.17) is 4.74 Å². The number of methoxy groups -OCH3 is 1. The first-order chi connectivity index (χ1) is 7.70. The van der Waals surface area contributed by atoms with E-state index < -0.39 is 0 Å². The monoisotopic (exact) mass is 241 g/mol. The van der Waals surface area contributed by atoms with E-state index in [0.29, 0.717) is 13.2 Å². The Hall–Kier alpha value is -0.870. The Morgan fingerprint density at radius 1 is 1.62 bits per heavy atom. The van der Waals surface area contributed by atoms with Crippen LogP contribution in [-0.4, -0.2) is 37.1 Å². The molecule has 0 N–H and O–H groups in total. The lowest BCUT2D eigenvalue weighted by Gasteiger charge is -2.27. The Balaban J connectivity index is 2.71. The summed E-state index contributed by atoms with van der Waals surface area (Å²) in [6, 6.07) is 4.03. The van der Waals surface area contributed by atoms with Crippen molar-refractivity contribution in [2.24, 2.45) is 0 Å². The van der Waals surface area contributed by atoms with Gasteiger partial charge >= 0.3 is 0 Å². The third kappa shape index (κ3) is 3.32. The van der Waals surface area contributed by atoms with E-state index in [-0.39, 0.29) is 11.9 Å². The number of amides is 1. The zero-order chi connectivity index (χ0) is 12.0. The van der Waals surface area contributed by atoms with E-state index in [0.717, 1.165) is 11.3 Å². The average Bonchev–Trinajstić information content (AvgIpc) is 2.82. The summed E-state index contributed by atoms with van der Waals surface area (Å²) in [5.74, 6) is 0.112. The van der Waals surface area contributed by atoms with Crippen LogP contribution in [0, 0.1) is 0 Å². The van der Waals surface area contributed by atoms with E-state index in [1.165, 1.54) is 11.3 Å². The van der Waals surface area contributed by atoms with Crippen molar-refractivity contribution in [3.63, 3.8) is 0 Å². The van der Waals surface area contributed by atoms with Gasteiger partial charge in [-0.3, -0.25) is 4.79 Å². The van der Waals surface area contributed by atoms with Gasteiger partial charge in [-0.1, -0.05) is 13.0 Å². The largest absolute Gasteiger partial charge is 0.383 e. The number of hydrogen-bond donors (Lipinski definition) is 0. The number of ether oxygens (including phenoxy) is 1. The number of rotatable bonds is 6. The summed E-state index contributed by atoms with van der Waals surface area (Å²) in [7, 11) is 1.66. The molecule has 0 saturated heterocycles. The molecule has 90 valence electrons. The molecule has 4 heteroatoms. The van der Waals surface area contributed by atoms with Crippen LogP contribution in [0.3, 0.4) is 0 Å². The van der Waals surface area contributed by atoms with Crippen molar-refractivity contribution in [2.75, 3.05) is 20.3 Å². The third-order valence-electron chi connectivity index (χ3n) is 2.65. The number of carbonyl (C=O) groups is 1. The molecule has 0 aliphatic carbocycles. The maximum atomic E-state index is 12.2. The minimum absolute atomic E-state index is 0.112. The molecule has 0 aromatic carbocycles. The Morgan fingerprint density at radius 3 is 2.88 bits per heavy atom. The molecule has 1 aromatic heterocycles. The lowest BCUT2D eigenvalue weighted by Crippen LogP contribution is -2.40. The van der Waals surface area contributed by atoms with Gasteiger partial charge in [0.2, 0.25) is 0 Å². The van der Waals surface area contributed by atoms with E-state index in [1.54, 1.807) is 7.11 Å². The molecule has 0 bridgehead atoms. The van der Waals surface area contributed by atoms with Gasteiger partial charge in [0, 0.05) is 19.7 Å². The van der Waals surface area contributed by atoms with Crippen molar-refractivity contribution < 1.29 is 9.53 Å². The first-order valence-corrected chi connectivity index (χ1v) is 6.42. The van der Waals surface area contributed by atoms with Crippen LogP contribution in [0.15, 0.2) is 17.5 Å². The molecule has 1 aromatic rings. The lowest BCUT2D eigenvalue weighted by atomic mass is 10.2. The van der Waals surface area contributed by atoms with Gasteiger partial charge in [-0.05, 0) is 24.8 Å². The molecule has 0 aliphatic rings. The van der Waals surface area contributed by atoms with Crippen LogP contribution in [0.4, 0.5) is 0 Å². The van der Waals surface area contributed by atoms with Crippen LogP contribution in [-0.2, 0) is 4.74 Å². The molecule has 1 heterocycles. The number of thiophene rings is 1. The standard InChI is InChI=1S/C12H19NO2S/c1-4-10(2)13(7-8-15-3)12(14)11-6-5-9-16-11/h5-6,9-10H,4,7-8H2,1-3H3. The summed E-state index contributed by atoms with van der Waals surface area (Å²) in [6.07, 6.45) is 0.959. The highest BCUT2D eigenvalue weighted by Gasteiger charge is 2.20. The second-order valence-corrected chi connectivity index (χ2v) is 4.67. The SMILES string of the molecule is CCC(C)N(CCOC)C(=O)c1cccs1. The zero-order valence-electron chi connectivity index (χ0n) is 10.1. The predicted molar refractivity (Wildman–Crippen MR) is 67.0 cm³/mol. The van der Waals surface area contributed by atoms with Gasteiger partial charge in [0.05, 0.1) is 11.5 Å². The van der Waals surface area contributed by atoms with E-state index in [9.17, 15) is 4.79 Å². The van der Waals surface area contributed by atoms with E-state index in [1.807, 2.05) is 22.4 Å². The second kappa shape index (κ2) is 6.66. The van der Waals surface area contributed by atoms with Crippen molar-refractivity contribution in [1.29, 1.82) is 0 Å². The van der Waals surface area contributed by atoms with Crippen LogP contribution < -0.4 is 0 Å². The Bertz CT molecular complexity index is 311. The van der Waals surface area contributed by atoms with Gasteiger partial charge in [0.25, 0.3) is 5.91 Å². The van der Waals surface area contributed by atoms with Crippen molar-refractivity contribution in [3.8, 4) is 0 Å². The Morgan fingerprint density at radius 2 is 2.38 bits per heavy atom. The van der Waals surface area contributed by atoms with E-state index >= 15 is 0 Å². The highest BCUT2D eigenvalue weighted by molar-refractivity contribution is 7.12. The van der Waals surface area contributed by atoms with Crippen LogP contribution in [0.2, 0.25) is 0 Å². The summed E-state index contributed by atoms with van der Waals surface area (Å²) >= 11 is 1.49. The van der Waals surface area contributed by atoms with Crippen LogP contribution >= 0.6 is 11.3 Å². The normalized spacial score (nSPS) is 12.4. The molecule has 0 fully saturated rings. The number of carbonyl (C=O) groups excluding carboxylic acids is 1. The molecule has 0 aliphatic heterocycles. The minimum atomic E-state index is 0.112. The molecule has 1 amide bonds. The molecule has 1 atom stereocenters. The molecular weight excluding hydrogens is 222 g/mol. The summed E-state index contributed by atoms with van der Waals surface area (Å²) in [4.78, 5) is 14.9. The fourth-order valence-corrected chi connectivity index (χ4v) is 2.15. The molecule has 3 nitrogen and oxygen atoms in total. The highest BCUT2D eigenvalue weighted by atomic mass is 32.1. The van der Waals surface area contributed by atoms with Gasteiger partial charge < -0.3 is 9.64 Å². The smallest absolute Gasteiger partial charge is 0.264 e. The van der Waals surface area contributed by atoms with Gasteiger partial charge in [0.15, 0.2) is 0 Å². The van der Waals surface area contributed by atoms with Gasteiger partial charge in [0.1, 0.15) is 0 Å². The Labute approximate surface area is 101 Å². The fourth-order valence-electron chi connectivity index (χ4n) is 1.47. The summed E-state index contributed by atoms with van der Waals surface area (Å²) in [6.45, 7) is 5.40. The predicted octanol–water partition coefficient (Wildman–Crippen LogP) is 2.64. The van der Waals surface area contributed by atoms with Crippen LogP contribution in [0.25, 0.3) is 0 Å². The average molecular weight is 241 g/mol. The lowest BCUT2D eigenvalue weighted by molar-refractivity contribution is 0.0619. The first-order valence-electron chi connectivity index (χ1n) is 5.54. The maximum absolute atomic E-state index is 12.2. The van der Waals surface area contributed by atoms with Crippen molar-refractivity contribution in [2.45, 2.75) is 26.3 Å². The molecule has 1 unspecified atom stereocenters. The van der Waals surface area contributed by atoms with Crippen LogP contribution in [0.1, 0.15) is 29.9 Å². The maximum Gasteiger partial charge on any atom is 0.264 e. The summed E-state index contributed by atoms with van der Waals surface area (Å²) in [5.41, 5.74) is 0. The van der Waals surface area contributed by atoms with E-state index in [2.05, 4.69) is 13.8 Å². The van der Waals surface area contributed by atoms with Gasteiger partial charge in [-0.25, -0.2) is 0 Å². The molecule has 0 saturated carbocycles. The molecule has 0 radical (unpaired) electrons. The topological polar surface area (TPSA) is 29.5 Å². The fraction of sp³-hybridized carbons (Fsp3) is 0.583. The van der Waals surface area contributed by atoms with Gasteiger partial charge in [-0.15, -0.1) is 11.3 Å². The van der Waals surface area contributed by atoms with Crippen molar-refractivity contribution >= 4 is 17.2 Å². The zero-order valence-corrected chi connectivity index (χ0v) is 10.9. The third-order valence-corrected chi connectivity index (χ3v) is 3.51. The number of hydrogen-bond acceptors (Lipinski definition) is 3. The van der Waals surface area contributed by atoms with Crippen LogP contribution in [0.5, 0.6) is 0 Å². The quantitative estimate of drug-likeness (QED) is 0.766. The molecule has 1 rings (SSSR count). The van der Waals surface area contributed by atoms with Crippen molar-refractivity contribution in [1.82, 2.24) is 4.90 Å². The van der Waals surface area contributed by atoms with Crippen molar-refractivity contribution in [3.05, 3.63) is 22.4 Å². The molecular formula is C12H19NO2S. The number of nitrogens with zero attached hydrogens (tertiary/aromatic N) is 1. The Kier molecular flexibility index (Phi) is 5.49. The minimum Gasteiger partial charge on any atom is -0.383 e. The second-order valence-electron chi connectivity index (χ2n) is 3.73. The summed E-state index contributed by atoms with van der Waals surface area (Å²) in [5, 5.41) is 1.93. The highest BCUT2D eigenvalue weighted by Crippen LogP contribution is 2.15. The molecule has 16 heavy (non-hydrogen) atoms. The first kappa shape index (κ1) is 13.2. The molecule has 0 spiro atoms. The van der Waals surface area contributed by atoms with Gasteiger partial charge in [-0.2, -0.15) is 0 Å².